The molecule has 0 aromatic heterocycles. The Hall–Kier alpha value is -3.09. The Labute approximate surface area is 156 Å². The summed E-state index contributed by atoms with van der Waals surface area (Å²) < 4.78 is 23.9. The Kier molecular flexibility index (Phi) is 5.59. The number of esters is 2. The smallest absolute Gasteiger partial charge is 0.338 e. The number of anilines is 2. The average molecular weight is 372 g/mol. The van der Waals surface area contributed by atoms with Gasteiger partial charge in [-0.1, -0.05) is 0 Å². The van der Waals surface area contributed by atoms with E-state index < -0.39 is 17.8 Å². The minimum atomic E-state index is -0.481. The van der Waals surface area contributed by atoms with Gasteiger partial charge in [0.25, 0.3) is 0 Å². The van der Waals surface area contributed by atoms with Crippen molar-refractivity contribution in [3.63, 3.8) is 0 Å². The number of carbonyl (C=O) groups excluding carboxylic acids is 2. The van der Waals surface area contributed by atoms with E-state index in [0.29, 0.717) is 48.2 Å². The van der Waals surface area contributed by atoms with Crippen molar-refractivity contribution in [1.82, 2.24) is 0 Å². The molecule has 2 aromatic rings. The molecule has 27 heavy (non-hydrogen) atoms. The number of ether oxygens (including phenoxy) is 2. The highest BCUT2D eigenvalue weighted by atomic mass is 19.1. The molecular formula is C20H21FN2O4. The summed E-state index contributed by atoms with van der Waals surface area (Å²) in [5.74, 6) is -1.36. The lowest BCUT2D eigenvalue weighted by molar-refractivity contribution is -0.0108. The second-order valence-electron chi connectivity index (χ2n) is 6.60. The van der Waals surface area contributed by atoms with E-state index in [2.05, 4.69) is 0 Å². The van der Waals surface area contributed by atoms with Crippen molar-refractivity contribution in [3.8, 4) is 0 Å². The lowest BCUT2D eigenvalue weighted by atomic mass is 9.95. The summed E-state index contributed by atoms with van der Waals surface area (Å²) in [6.45, 7) is 0. The molecular weight excluding hydrogens is 351 g/mol. The average Bonchev–Trinajstić information content (AvgIpc) is 2.63. The normalized spacial score (nSPS) is 19.3. The number of benzene rings is 2. The maximum atomic E-state index is 12.9. The van der Waals surface area contributed by atoms with Gasteiger partial charge < -0.3 is 20.9 Å². The van der Waals surface area contributed by atoms with E-state index in [1.165, 1.54) is 36.4 Å². The van der Waals surface area contributed by atoms with Crippen molar-refractivity contribution in [3.05, 3.63) is 59.4 Å². The highest BCUT2D eigenvalue weighted by Gasteiger charge is 2.27. The summed E-state index contributed by atoms with van der Waals surface area (Å²) in [7, 11) is 0. The summed E-state index contributed by atoms with van der Waals surface area (Å²) in [4.78, 5) is 24.3. The van der Waals surface area contributed by atoms with E-state index in [-0.39, 0.29) is 12.2 Å². The molecule has 1 aliphatic rings. The highest BCUT2D eigenvalue weighted by Crippen LogP contribution is 2.26. The lowest BCUT2D eigenvalue weighted by Gasteiger charge is -2.28. The van der Waals surface area contributed by atoms with Gasteiger partial charge in [-0.3, -0.25) is 0 Å². The molecule has 0 amide bonds. The van der Waals surface area contributed by atoms with Crippen molar-refractivity contribution < 1.29 is 23.5 Å². The van der Waals surface area contributed by atoms with Crippen molar-refractivity contribution in [1.29, 1.82) is 0 Å². The molecule has 0 unspecified atom stereocenters. The van der Waals surface area contributed by atoms with Crippen LogP contribution in [-0.4, -0.2) is 24.1 Å². The minimum Gasteiger partial charge on any atom is -0.459 e. The summed E-state index contributed by atoms with van der Waals surface area (Å²) in [6, 6.07) is 9.83. The maximum absolute atomic E-state index is 12.9. The first kappa shape index (κ1) is 18.7. The Morgan fingerprint density at radius 3 is 1.70 bits per heavy atom. The largest absolute Gasteiger partial charge is 0.459 e. The van der Waals surface area contributed by atoms with E-state index in [4.69, 9.17) is 20.9 Å². The first-order valence-electron chi connectivity index (χ1n) is 8.74. The van der Waals surface area contributed by atoms with E-state index in [9.17, 15) is 14.0 Å². The van der Waals surface area contributed by atoms with Crippen LogP contribution in [0.25, 0.3) is 0 Å². The van der Waals surface area contributed by atoms with Crippen LogP contribution in [0.2, 0.25) is 0 Å². The molecule has 0 saturated heterocycles. The topological polar surface area (TPSA) is 105 Å². The quantitative estimate of drug-likeness (QED) is 0.630. The van der Waals surface area contributed by atoms with Gasteiger partial charge in [0.1, 0.15) is 18.0 Å². The molecule has 0 spiro atoms. The number of hydrogen-bond donors (Lipinski definition) is 2. The molecule has 2 aromatic carbocycles. The molecule has 3 rings (SSSR count). The fourth-order valence-electron chi connectivity index (χ4n) is 3.09. The van der Waals surface area contributed by atoms with Gasteiger partial charge in [-0.15, -0.1) is 0 Å². The van der Waals surface area contributed by atoms with Crippen molar-refractivity contribution in [2.24, 2.45) is 0 Å². The second kappa shape index (κ2) is 8.07. The van der Waals surface area contributed by atoms with Gasteiger partial charge in [-0.25, -0.2) is 14.0 Å². The molecule has 0 aliphatic heterocycles. The van der Waals surface area contributed by atoms with E-state index in [1.807, 2.05) is 0 Å². The third-order valence-corrected chi connectivity index (χ3v) is 4.46. The molecule has 7 heteroatoms. The Morgan fingerprint density at radius 1 is 0.778 bits per heavy atom. The predicted molar refractivity (Wildman–Crippen MR) is 98.5 cm³/mol. The van der Waals surface area contributed by atoms with Gasteiger partial charge in [0, 0.05) is 11.4 Å². The minimum absolute atomic E-state index is 0.249. The number of halogens is 1. The van der Waals surface area contributed by atoms with Crippen LogP contribution < -0.4 is 11.5 Å². The van der Waals surface area contributed by atoms with Gasteiger partial charge in [0.2, 0.25) is 0 Å². The van der Waals surface area contributed by atoms with Crippen molar-refractivity contribution in [2.75, 3.05) is 11.5 Å². The molecule has 142 valence electrons. The molecule has 1 fully saturated rings. The molecule has 0 radical (unpaired) electrons. The summed E-state index contributed by atoms with van der Waals surface area (Å²) in [5, 5.41) is 0. The molecule has 0 atom stereocenters. The van der Waals surface area contributed by atoms with Crippen molar-refractivity contribution >= 4 is 23.3 Å². The lowest BCUT2D eigenvalue weighted by Crippen LogP contribution is -2.29. The number of rotatable bonds is 4. The highest BCUT2D eigenvalue weighted by molar-refractivity contribution is 5.92. The van der Waals surface area contributed by atoms with Crippen molar-refractivity contribution in [2.45, 2.75) is 37.9 Å². The van der Waals surface area contributed by atoms with Crippen LogP contribution in [0.1, 0.15) is 46.4 Å². The zero-order valence-corrected chi connectivity index (χ0v) is 14.7. The molecule has 1 aliphatic carbocycles. The Bertz CT molecular complexity index is 810. The summed E-state index contributed by atoms with van der Waals surface area (Å²) in [5.41, 5.74) is 12.8. The van der Waals surface area contributed by atoms with Gasteiger partial charge in [0.15, 0.2) is 0 Å². The van der Waals surface area contributed by atoms with E-state index >= 15 is 0 Å². The number of nitrogen functional groups attached to an aromatic ring is 2. The van der Waals surface area contributed by atoms with Gasteiger partial charge in [0.05, 0.1) is 11.1 Å². The van der Waals surface area contributed by atoms with Gasteiger partial charge >= 0.3 is 11.9 Å². The van der Waals surface area contributed by atoms with Crippen LogP contribution in [0.5, 0.6) is 0 Å². The molecule has 4 N–H and O–H groups in total. The molecule has 6 nitrogen and oxygen atoms in total. The first-order valence-corrected chi connectivity index (χ1v) is 8.74. The zero-order valence-electron chi connectivity index (χ0n) is 14.7. The predicted octanol–water partition coefficient (Wildman–Crippen LogP) is 3.32. The summed E-state index contributed by atoms with van der Waals surface area (Å²) in [6.07, 6.45) is 1.85. The van der Waals surface area contributed by atoms with Crippen LogP contribution in [0.3, 0.4) is 0 Å². The monoisotopic (exact) mass is 372 g/mol. The second-order valence-corrected chi connectivity index (χ2v) is 6.60. The number of nitrogens with two attached hydrogens (primary N) is 2. The SMILES string of the molecule is Nc1cc(N)cc(C(=O)OC2CCC(OC(=O)c3ccc(F)cc3)CC2)c1. The standard InChI is InChI=1S/C20H21FN2O4/c21-14-3-1-12(2-4-14)19(24)26-17-5-7-18(8-6-17)27-20(25)13-9-15(22)11-16(23)10-13/h1-4,9-11,17-18H,5-8,22-23H2. The first-order chi connectivity index (χ1) is 12.9. The third kappa shape index (κ3) is 4.97. The Balaban J connectivity index is 1.49. The molecule has 0 bridgehead atoms. The fraction of sp³-hybridized carbons (Fsp3) is 0.300. The van der Waals surface area contributed by atoms with Gasteiger partial charge in [-0.05, 0) is 68.1 Å². The fourth-order valence-corrected chi connectivity index (χ4v) is 3.09. The molecule has 0 heterocycles. The van der Waals surface area contributed by atoms with Crippen LogP contribution in [0.15, 0.2) is 42.5 Å². The van der Waals surface area contributed by atoms with E-state index in [1.54, 1.807) is 6.07 Å². The Morgan fingerprint density at radius 2 is 1.22 bits per heavy atom. The van der Waals surface area contributed by atoms with Crippen LogP contribution in [-0.2, 0) is 9.47 Å². The number of hydrogen-bond acceptors (Lipinski definition) is 6. The zero-order chi connectivity index (χ0) is 19.4. The third-order valence-electron chi connectivity index (χ3n) is 4.46. The van der Waals surface area contributed by atoms with Crippen LogP contribution in [0.4, 0.5) is 15.8 Å². The van der Waals surface area contributed by atoms with E-state index in [0.717, 1.165) is 0 Å². The summed E-state index contributed by atoms with van der Waals surface area (Å²) >= 11 is 0. The molecule has 1 saturated carbocycles. The van der Waals surface area contributed by atoms with Crippen LogP contribution >= 0.6 is 0 Å². The maximum Gasteiger partial charge on any atom is 0.338 e. The van der Waals surface area contributed by atoms with Gasteiger partial charge in [-0.2, -0.15) is 0 Å². The number of carbonyl (C=O) groups is 2. The van der Waals surface area contributed by atoms with Crippen LogP contribution in [0, 0.1) is 5.82 Å².